The van der Waals surface area contributed by atoms with Gasteiger partial charge in [0.2, 0.25) is 11.8 Å². The molecule has 0 radical (unpaired) electrons. The van der Waals surface area contributed by atoms with Crippen molar-refractivity contribution in [2.24, 2.45) is 34.8 Å². The van der Waals surface area contributed by atoms with Crippen LogP contribution in [0.1, 0.15) is 56.3 Å². The zero-order valence-corrected chi connectivity index (χ0v) is 22.5. The van der Waals surface area contributed by atoms with Crippen molar-refractivity contribution < 1.29 is 19.8 Å². The van der Waals surface area contributed by atoms with E-state index in [4.69, 9.17) is 5.73 Å². The molecule has 0 spiro atoms. The van der Waals surface area contributed by atoms with Gasteiger partial charge in [0.25, 0.3) is 0 Å². The number of H-pyrrole nitrogens is 1. The van der Waals surface area contributed by atoms with Crippen molar-refractivity contribution in [1.29, 1.82) is 0 Å². The van der Waals surface area contributed by atoms with E-state index in [0.29, 0.717) is 29.2 Å². The number of nitrogens with zero attached hydrogens (tertiary/aromatic N) is 1. The van der Waals surface area contributed by atoms with E-state index in [9.17, 15) is 19.8 Å². The van der Waals surface area contributed by atoms with E-state index in [-0.39, 0.29) is 12.5 Å². The summed E-state index contributed by atoms with van der Waals surface area (Å²) in [7, 11) is 0. The lowest BCUT2D eigenvalue weighted by Gasteiger charge is -2.59. The summed E-state index contributed by atoms with van der Waals surface area (Å²) >= 11 is 0. The predicted octanol–water partition coefficient (Wildman–Crippen LogP) is 3.95. The molecule has 206 valence electrons. The minimum Gasteiger partial charge on any atom is -0.394 e. The summed E-state index contributed by atoms with van der Waals surface area (Å²) < 4.78 is 0. The van der Waals surface area contributed by atoms with E-state index in [0.717, 1.165) is 42.1 Å². The first-order valence-corrected chi connectivity index (χ1v) is 14.3. The highest BCUT2D eigenvalue weighted by Crippen LogP contribution is 2.56. The van der Waals surface area contributed by atoms with E-state index >= 15 is 0 Å². The smallest absolute Gasteiger partial charge is 0.239 e. The number of carbonyl (C=O) groups is 2. The molecule has 0 unspecified atom stereocenters. The summed E-state index contributed by atoms with van der Waals surface area (Å²) in [5.41, 5.74) is 6.90. The number of para-hydroxylation sites is 1. The van der Waals surface area contributed by atoms with Crippen LogP contribution in [0.25, 0.3) is 10.9 Å². The van der Waals surface area contributed by atoms with Crippen molar-refractivity contribution in [3.8, 4) is 0 Å². The molecule has 0 aliphatic heterocycles. The van der Waals surface area contributed by atoms with Crippen LogP contribution < -0.4 is 5.73 Å². The van der Waals surface area contributed by atoms with Crippen LogP contribution in [-0.2, 0) is 16.0 Å². The molecule has 5 N–H and O–H groups in total. The number of hydrogen-bond donors (Lipinski definition) is 4. The summed E-state index contributed by atoms with van der Waals surface area (Å²) in [4.78, 5) is 33.0. The van der Waals surface area contributed by atoms with Crippen LogP contribution in [0.3, 0.4) is 0 Å². The quantitative estimate of drug-likeness (QED) is 0.314. The third kappa shape index (κ3) is 4.45. The number of nitrogens with one attached hydrogen (secondary N) is 1. The second-order valence-electron chi connectivity index (χ2n) is 12.5. The maximum absolute atomic E-state index is 14.8. The number of aliphatic hydroxyl groups is 2. The van der Waals surface area contributed by atoms with Gasteiger partial charge in [-0.3, -0.25) is 9.59 Å². The fourth-order valence-corrected chi connectivity index (χ4v) is 8.28. The summed E-state index contributed by atoms with van der Waals surface area (Å²) in [6.07, 6.45) is 6.36. The Balaban J connectivity index is 1.42. The Bertz CT molecular complexity index is 1330. The first kappa shape index (κ1) is 26.1. The maximum atomic E-state index is 14.8. The van der Waals surface area contributed by atoms with Gasteiger partial charge in [-0.05, 0) is 86.3 Å². The number of carbonyl (C=O) groups excluding carboxylic acids is 2. The number of primary amides is 1. The lowest BCUT2D eigenvalue weighted by atomic mass is 9.53. The Kier molecular flexibility index (Phi) is 6.76. The Morgan fingerprint density at radius 1 is 1.00 bits per heavy atom. The summed E-state index contributed by atoms with van der Waals surface area (Å²) in [5.74, 6) is 0.867. The summed E-state index contributed by atoms with van der Waals surface area (Å²) in [5, 5.41) is 23.3. The van der Waals surface area contributed by atoms with Gasteiger partial charge in [0.15, 0.2) is 0 Å². The standard InChI is InChI=1S/C32H39N3O4/c1-32(30(33)38,16-24-17-34-26-10-6-5-9-25(24)26)31(39)35(27(18-36)29(37)21-7-3-2-4-8-21)28-22-12-19-11-20(14-22)15-23(28)13-19/h2-10,17,19-20,22-23,27-29,34,36-37H,11-16,18H2,1H3,(H2,33,38)/t19?,20?,22?,23?,27-,28?,29-,32+/m0/s1. The number of aromatic amines is 1. The molecule has 4 fully saturated rings. The number of aliphatic hydroxyl groups excluding tert-OH is 2. The van der Waals surface area contributed by atoms with Crippen LogP contribution in [0, 0.1) is 29.1 Å². The molecule has 3 aromatic rings. The molecule has 1 heterocycles. The molecule has 7 heteroatoms. The molecule has 4 saturated carbocycles. The topological polar surface area (TPSA) is 120 Å². The van der Waals surface area contributed by atoms with E-state index in [1.807, 2.05) is 60.8 Å². The highest BCUT2D eigenvalue weighted by molar-refractivity contribution is 6.05. The molecule has 3 atom stereocenters. The van der Waals surface area contributed by atoms with Crippen molar-refractivity contribution in [1.82, 2.24) is 9.88 Å². The first-order chi connectivity index (χ1) is 18.8. The molecule has 4 bridgehead atoms. The summed E-state index contributed by atoms with van der Waals surface area (Å²) in [6.45, 7) is 1.22. The fourth-order valence-electron chi connectivity index (χ4n) is 8.28. The van der Waals surface area contributed by atoms with Crippen molar-refractivity contribution in [2.45, 2.75) is 63.6 Å². The average Bonchev–Trinajstić information content (AvgIpc) is 3.34. The van der Waals surface area contributed by atoms with Gasteiger partial charge in [-0.1, -0.05) is 48.5 Å². The zero-order valence-electron chi connectivity index (χ0n) is 22.5. The number of rotatable bonds is 9. The van der Waals surface area contributed by atoms with Crippen molar-refractivity contribution in [2.75, 3.05) is 6.61 Å². The van der Waals surface area contributed by atoms with Gasteiger partial charge in [0, 0.05) is 23.1 Å². The van der Waals surface area contributed by atoms with E-state index < -0.39 is 36.0 Å². The third-order valence-corrected chi connectivity index (χ3v) is 10.0. The van der Waals surface area contributed by atoms with Crippen LogP contribution in [0.4, 0.5) is 0 Å². The van der Waals surface area contributed by atoms with Gasteiger partial charge in [-0.2, -0.15) is 0 Å². The molecule has 7 nitrogen and oxygen atoms in total. The molecule has 4 aliphatic rings. The third-order valence-electron chi connectivity index (χ3n) is 10.0. The predicted molar refractivity (Wildman–Crippen MR) is 149 cm³/mol. The van der Waals surface area contributed by atoms with Gasteiger partial charge in [-0.15, -0.1) is 0 Å². The number of aromatic nitrogens is 1. The number of hydrogen-bond acceptors (Lipinski definition) is 4. The average molecular weight is 530 g/mol. The number of fused-ring (bicyclic) bond motifs is 1. The highest BCUT2D eigenvalue weighted by Gasteiger charge is 2.56. The van der Waals surface area contributed by atoms with E-state index in [1.165, 1.54) is 6.42 Å². The van der Waals surface area contributed by atoms with Crippen molar-refractivity contribution in [3.05, 3.63) is 71.9 Å². The van der Waals surface area contributed by atoms with Crippen LogP contribution in [-0.4, -0.2) is 50.6 Å². The van der Waals surface area contributed by atoms with Gasteiger partial charge in [0.05, 0.1) is 12.6 Å². The van der Waals surface area contributed by atoms with Gasteiger partial charge in [-0.25, -0.2) is 0 Å². The maximum Gasteiger partial charge on any atom is 0.239 e. The molecule has 39 heavy (non-hydrogen) atoms. The van der Waals surface area contributed by atoms with Crippen LogP contribution in [0.5, 0.6) is 0 Å². The molecule has 4 aliphatic carbocycles. The van der Waals surface area contributed by atoms with Crippen molar-refractivity contribution in [3.63, 3.8) is 0 Å². The fraction of sp³-hybridized carbons (Fsp3) is 0.500. The molecular formula is C32H39N3O4. The van der Waals surface area contributed by atoms with Crippen molar-refractivity contribution >= 4 is 22.7 Å². The second kappa shape index (κ2) is 10.1. The molecular weight excluding hydrogens is 490 g/mol. The largest absolute Gasteiger partial charge is 0.394 e. The Hall–Kier alpha value is -3.16. The molecule has 1 aromatic heterocycles. The Labute approximate surface area is 229 Å². The highest BCUT2D eigenvalue weighted by atomic mass is 16.3. The molecule has 2 aromatic carbocycles. The van der Waals surface area contributed by atoms with E-state index in [2.05, 4.69) is 4.98 Å². The van der Waals surface area contributed by atoms with Crippen LogP contribution >= 0.6 is 0 Å². The summed E-state index contributed by atoms with van der Waals surface area (Å²) in [6, 6.07) is 16.0. The SMILES string of the molecule is C[C@@](Cc1c[nH]c2ccccc12)(C(N)=O)C(=O)N(C1C2CC3CC(C2)CC1C3)[C@@H](CO)[C@@H](O)c1ccccc1. The number of nitrogens with two attached hydrogens (primary N) is 1. The number of benzene rings is 2. The Morgan fingerprint density at radius 3 is 2.23 bits per heavy atom. The van der Waals surface area contributed by atoms with Gasteiger partial charge >= 0.3 is 0 Å². The van der Waals surface area contributed by atoms with Gasteiger partial charge < -0.3 is 25.8 Å². The number of amides is 2. The molecule has 0 saturated heterocycles. The first-order valence-electron chi connectivity index (χ1n) is 14.3. The molecule has 7 rings (SSSR count). The lowest BCUT2D eigenvalue weighted by Crippen LogP contribution is -2.65. The Morgan fingerprint density at radius 2 is 1.62 bits per heavy atom. The van der Waals surface area contributed by atoms with Gasteiger partial charge in [0.1, 0.15) is 11.5 Å². The molecule has 2 amide bonds. The minimum atomic E-state index is -1.55. The van der Waals surface area contributed by atoms with E-state index in [1.54, 1.807) is 11.8 Å². The van der Waals surface area contributed by atoms with Crippen LogP contribution in [0.2, 0.25) is 0 Å². The zero-order chi connectivity index (χ0) is 27.3. The normalized spacial score (nSPS) is 28.6. The second-order valence-corrected chi connectivity index (χ2v) is 12.5. The lowest BCUT2D eigenvalue weighted by molar-refractivity contribution is -0.168. The monoisotopic (exact) mass is 529 g/mol. The van der Waals surface area contributed by atoms with Crippen LogP contribution in [0.15, 0.2) is 60.8 Å². The minimum absolute atomic E-state index is 0.133.